The maximum Gasteiger partial charge on any atom is 0.410 e. The Bertz CT molecular complexity index is 2260. The van der Waals surface area contributed by atoms with Gasteiger partial charge in [0.2, 0.25) is 11.8 Å². The van der Waals surface area contributed by atoms with Gasteiger partial charge in [-0.3, -0.25) is 9.78 Å². The van der Waals surface area contributed by atoms with E-state index in [2.05, 4.69) is 25.8 Å². The zero-order valence-corrected chi connectivity index (χ0v) is 36.0. The van der Waals surface area contributed by atoms with Crippen molar-refractivity contribution in [2.45, 2.75) is 95.0 Å². The van der Waals surface area contributed by atoms with Crippen molar-refractivity contribution >= 4 is 35.5 Å². The molecule has 1 aliphatic rings. The molecule has 6 rings (SSSR count). The predicted molar refractivity (Wildman–Crippen MR) is 226 cm³/mol. The summed E-state index contributed by atoms with van der Waals surface area (Å²) in [7, 11) is 0. The van der Waals surface area contributed by atoms with Gasteiger partial charge in [-0.2, -0.15) is 0 Å². The van der Waals surface area contributed by atoms with Crippen LogP contribution >= 0.6 is 11.8 Å². The Labute approximate surface area is 362 Å². The number of hydrogen-bond acceptors (Lipinski definition) is 11. The number of carbonyl (C=O) groups excluding carboxylic acids is 3. The number of nitrogens with one attached hydrogen (secondary N) is 2. The Morgan fingerprint density at radius 3 is 2.05 bits per heavy atom. The molecule has 1 unspecified atom stereocenters. The van der Waals surface area contributed by atoms with E-state index in [-0.39, 0.29) is 37.2 Å². The minimum Gasteiger partial charge on any atom is -0.444 e. The van der Waals surface area contributed by atoms with Gasteiger partial charge in [0.05, 0.1) is 25.3 Å². The average Bonchev–Trinajstić information content (AvgIpc) is 3.69. The zero-order chi connectivity index (χ0) is 44.6. The molecule has 13 nitrogen and oxygen atoms in total. The van der Waals surface area contributed by atoms with Crippen LogP contribution in [0.15, 0.2) is 101 Å². The van der Waals surface area contributed by atoms with E-state index in [4.69, 9.17) is 18.6 Å². The molecule has 3 amide bonds. The molecular weight excluding hydrogens is 826 g/mol. The summed E-state index contributed by atoms with van der Waals surface area (Å²) in [5, 5.41) is 14.0. The van der Waals surface area contributed by atoms with Gasteiger partial charge in [0.25, 0.3) is 5.22 Å². The van der Waals surface area contributed by atoms with E-state index in [1.807, 2.05) is 0 Å². The molecule has 1 fully saturated rings. The first kappa shape index (κ1) is 45.6. The largest absolute Gasteiger partial charge is 0.444 e. The number of morpholine rings is 1. The van der Waals surface area contributed by atoms with Crippen molar-refractivity contribution in [2.24, 2.45) is 0 Å². The number of halogens is 3. The van der Waals surface area contributed by atoms with Crippen LogP contribution < -0.4 is 10.6 Å². The molecule has 1 saturated heterocycles. The number of benzene rings is 3. The van der Waals surface area contributed by atoms with Gasteiger partial charge < -0.3 is 34.2 Å². The SMILES string of the molecule is CC(C)(C)OC(=O)NC(C(=O)Nc1cccc(F)c1CC[C@@H]1CN(C(=O)OC(C)(C)C)C[C@@H](CSc2nnc(-c3ccncc3)o2)O1)C(c1ccc(F)cc1)c1ccc(F)cc1. The molecule has 1 aliphatic heterocycles. The second-order valence-electron chi connectivity index (χ2n) is 16.7. The first-order chi connectivity index (χ1) is 29.4. The van der Waals surface area contributed by atoms with E-state index in [9.17, 15) is 23.2 Å². The zero-order valence-electron chi connectivity index (χ0n) is 35.2. The fourth-order valence-electron chi connectivity index (χ4n) is 6.79. The van der Waals surface area contributed by atoms with Crippen molar-refractivity contribution in [2.75, 3.05) is 24.2 Å². The number of alkyl carbamates (subject to hydrolysis) is 1. The Balaban J connectivity index is 1.23. The van der Waals surface area contributed by atoms with Crippen LogP contribution in [0.1, 0.15) is 70.6 Å². The number of rotatable bonds is 13. The summed E-state index contributed by atoms with van der Waals surface area (Å²) < 4.78 is 67.7. The number of amides is 3. The minimum absolute atomic E-state index is 0.0669. The lowest BCUT2D eigenvalue weighted by molar-refractivity contribution is -0.118. The summed E-state index contributed by atoms with van der Waals surface area (Å²) in [5.74, 6) is -2.72. The second kappa shape index (κ2) is 19.8. The van der Waals surface area contributed by atoms with Crippen molar-refractivity contribution in [3.63, 3.8) is 0 Å². The van der Waals surface area contributed by atoms with Crippen LogP contribution in [0.3, 0.4) is 0 Å². The number of anilines is 1. The van der Waals surface area contributed by atoms with Crippen LogP contribution in [0.5, 0.6) is 0 Å². The van der Waals surface area contributed by atoms with E-state index < -0.39 is 70.9 Å². The lowest BCUT2D eigenvalue weighted by Crippen LogP contribution is -2.52. The number of hydrogen-bond donors (Lipinski definition) is 2. The topological polar surface area (TPSA) is 158 Å². The van der Waals surface area contributed by atoms with Gasteiger partial charge in [0, 0.05) is 40.9 Å². The lowest BCUT2D eigenvalue weighted by atomic mass is 9.84. The number of pyridine rings is 1. The monoisotopic (exact) mass is 874 g/mol. The number of thioether (sulfide) groups is 1. The summed E-state index contributed by atoms with van der Waals surface area (Å²) in [6.07, 6.45) is 0.998. The molecule has 0 spiro atoms. The quantitative estimate of drug-likeness (QED) is 0.109. The molecule has 0 saturated carbocycles. The van der Waals surface area contributed by atoms with Gasteiger partial charge in [-0.05, 0) is 114 Å². The number of carbonyl (C=O) groups is 3. The Morgan fingerprint density at radius 2 is 1.44 bits per heavy atom. The number of aromatic nitrogens is 3. The minimum atomic E-state index is -1.42. The fourth-order valence-corrected chi connectivity index (χ4v) is 7.54. The highest BCUT2D eigenvalue weighted by Gasteiger charge is 2.36. The Morgan fingerprint density at radius 1 is 0.823 bits per heavy atom. The average molecular weight is 875 g/mol. The van der Waals surface area contributed by atoms with Gasteiger partial charge in [-0.25, -0.2) is 22.8 Å². The number of nitrogens with zero attached hydrogens (tertiary/aromatic N) is 4. The molecule has 2 N–H and O–H groups in total. The van der Waals surface area contributed by atoms with Crippen molar-refractivity contribution in [1.29, 1.82) is 0 Å². The summed E-state index contributed by atoms with van der Waals surface area (Å²) in [5.41, 5.74) is 0.148. The molecule has 3 heterocycles. The molecule has 2 aromatic heterocycles. The van der Waals surface area contributed by atoms with Crippen LogP contribution in [0.2, 0.25) is 0 Å². The van der Waals surface area contributed by atoms with Gasteiger partial charge in [0.1, 0.15) is 34.7 Å². The van der Waals surface area contributed by atoms with Gasteiger partial charge in [0.15, 0.2) is 0 Å². The predicted octanol–water partition coefficient (Wildman–Crippen LogP) is 8.94. The van der Waals surface area contributed by atoms with Gasteiger partial charge in [-0.15, -0.1) is 10.2 Å². The van der Waals surface area contributed by atoms with Gasteiger partial charge in [-0.1, -0.05) is 42.1 Å². The first-order valence-corrected chi connectivity index (χ1v) is 21.0. The molecule has 17 heteroatoms. The first-order valence-electron chi connectivity index (χ1n) is 20.0. The third-order valence-electron chi connectivity index (χ3n) is 9.45. The van der Waals surface area contributed by atoms with Crippen LogP contribution in [-0.4, -0.2) is 86.5 Å². The molecule has 3 atom stereocenters. The standard InChI is InChI=1S/C45H49F3N6O7S/c1-44(2,3)60-41(56)51-38(37(27-10-14-30(46)15-11-27)28-12-16-31(47)17-13-28)39(55)50-36-9-7-8-35(48)34(36)19-18-32-24-54(43(57)61-45(4,5)6)25-33(58-32)26-62-42-53-52-40(59-42)29-20-22-49-23-21-29/h7-17,20-23,32-33,37-38H,18-19,24-26H2,1-6H3,(H,50,55)(H,51,56)/t32-,33+,38?/m1/s1. The van der Waals surface area contributed by atoms with E-state index in [1.54, 1.807) is 71.0 Å². The summed E-state index contributed by atoms with van der Waals surface area (Å²) >= 11 is 1.26. The van der Waals surface area contributed by atoms with Crippen molar-refractivity contribution in [3.05, 3.63) is 125 Å². The maximum absolute atomic E-state index is 15.8. The molecular formula is C45H49F3N6O7S. The molecule has 5 aromatic rings. The second-order valence-corrected chi connectivity index (χ2v) is 17.7. The normalized spacial score (nSPS) is 16.1. The molecule has 0 bridgehead atoms. The van der Waals surface area contributed by atoms with Crippen LogP contribution in [0.4, 0.5) is 28.4 Å². The van der Waals surface area contributed by atoms with E-state index >= 15 is 4.39 Å². The van der Waals surface area contributed by atoms with E-state index in [1.165, 1.54) is 78.5 Å². The summed E-state index contributed by atoms with van der Waals surface area (Å²) in [6, 6.07) is 17.0. The summed E-state index contributed by atoms with van der Waals surface area (Å²) in [4.78, 5) is 46.7. The lowest BCUT2D eigenvalue weighted by Gasteiger charge is -2.38. The third-order valence-corrected chi connectivity index (χ3v) is 10.4. The van der Waals surface area contributed by atoms with Crippen LogP contribution in [0, 0.1) is 17.5 Å². The van der Waals surface area contributed by atoms with Crippen molar-refractivity contribution in [1.82, 2.24) is 25.4 Å². The third kappa shape index (κ3) is 12.8. The molecule has 0 radical (unpaired) electrons. The maximum atomic E-state index is 15.8. The van der Waals surface area contributed by atoms with Crippen LogP contribution in [-0.2, 0) is 25.4 Å². The summed E-state index contributed by atoms with van der Waals surface area (Å²) in [6.45, 7) is 10.7. The molecule has 3 aromatic carbocycles. The van der Waals surface area contributed by atoms with Gasteiger partial charge >= 0.3 is 12.2 Å². The van der Waals surface area contributed by atoms with Crippen molar-refractivity contribution < 1.29 is 46.2 Å². The van der Waals surface area contributed by atoms with E-state index in [0.717, 1.165) is 0 Å². The highest BCUT2D eigenvalue weighted by molar-refractivity contribution is 7.99. The molecule has 0 aliphatic carbocycles. The number of ether oxygens (including phenoxy) is 3. The highest BCUT2D eigenvalue weighted by Crippen LogP contribution is 2.32. The van der Waals surface area contributed by atoms with E-state index in [0.29, 0.717) is 33.6 Å². The molecule has 62 heavy (non-hydrogen) atoms. The van der Waals surface area contributed by atoms with Crippen LogP contribution in [0.25, 0.3) is 11.5 Å². The Kier molecular flexibility index (Phi) is 14.6. The van der Waals surface area contributed by atoms with Crippen molar-refractivity contribution in [3.8, 4) is 11.5 Å². The fraction of sp³-hybridized carbons (Fsp3) is 0.378. The molecule has 328 valence electrons. The Hall–Kier alpha value is -5.94. The smallest absolute Gasteiger partial charge is 0.410 e. The highest BCUT2D eigenvalue weighted by atomic mass is 32.2.